The molecular formula is C32H40B2F4O4. The van der Waals surface area contributed by atoms with Crippen molar-refractivity contribution in [3.63, 3.8) is 0 Å². The second-order valence-electron chi connectivity index (χ2n) is 13.1. The molecule has 2 fully saturated rings. The van der Waals surface area contributed by atoms with E-state index >= 15 is 0 Å². The lowest BCUT2D eigenvalue weighted by Crippen LogP contribution is -2.41. The maximum absolute atomic E-state index is 14.1. The molecule has 2 saturated heterocycles. The number of halogens is 4. The minimum atomic E-state index is -4.12. The zero-order valence-electron chi connectivity index (χ0n) is 25.7. The van der Waals surface area contributed by atoms with Crippen molar-refractivity contribution >= 4 is 36.3 Å². The molecule has 0 amide bonds. The van der Waals surface area contributed by atoms with Crippen LogP contribution in [0.1, 0.15) is 79.4 Å². The van der Waals surface area contributed by atoms with E-state index in [1.165, 1.54) is 0 Å². The Morgan fingerprint density at radius 2 is 1.07 bits per heavy atom. The summed E-state index contributed by atoms with van der Waals surface area (Å²) >= 11 is 0. The van der Waals surface area contributed by atoms with Crippen LogP contribution in [0.25, 0.3) is 11.1 Å². The molecule has 0 saturated carbocycles. The number of benzene rings is 2. The van der Waals surface area contributed by atoms with Crippen molar-refractivity contribution in [1.82, 2.24) is 0 Å². The number of hydrogen-bond donors (Lipinski definition) is 0. The van der Waals surface area contributed by atoms with Crippen molar-refractivity contribution in [2.75, 3.05) is 0 Å². The average Bonchev–Trinajstić information content (AvgIpc) is 3.26. The highest BCUT2D eigenvalue weighted by atomic mass is 19.3. The summed E-state index contributed by atoms with van der Waals surface area (Å²) in [7, 11) is -1.16. The maximum atomic E-state index is 14.1. The molecule has 2 aromatic carbocycles. The molecule has 0 atom stereocenters. The number of alkyl halides is 4. The third-order valence-corrected chi connectivity index (χ3v) is 9.09. The zero-order valence-corrected chi connectivity index (χ0v) is 25.7. The summed E-state index contributed by atoms with van der Waals surface area (Å²) in [4.78, 5) is 0. The second kappa shape index (κ2) is 11.3. The Labute approximate surface area is 247 Å². The minimum Gasteiger partial charge on any atom is -0.399 e. The molecule has 2 heterocycles. The van der Waals surface area contributed by atoms with Gasteiger partial charge in [-0.25, -0.2) is 17.6 Å². The molecule has 0 spiro atoms. The van der Waals surface area contributed by atoms with Gasteiger partial charge in [0.1, 0.15) is 0 Å². The Morgan fingerprint density at radius 3 is 1.40 bits per heavy atom. The molecule has 0 radical (unpaired) electrons. The molecule has 0 unspecified atom stereocenters. The van der Waals surface area contributed by atoms with E-state index in [9.17, 15) is 17.6 Å². The van der Waals surface area contributed by atoms with E-state index in [1.807, 2.05) is 91.8 Å². The van der Waals surface area contributed by atoms with Crippen LogP contribution >= 0.6 is 0 Å². The van der Waals surface area contributed by atoms with Gasteiger partial charge in [-0.3, -0.25) is 0 Å². The van der Waals surface area contributed by atoms with Crippen molar-refractivity contribution in [2.24, 2.45) is 0 Å². The molecule has 4 rings (SSSR count). The maximum Gasteiger partial charge on any atom is 0.494 e. The average molecular weight is 586 g/mol. The highest BCUT2D eigenvalue weighted by molar-refractivity contribution is 6.62. The molecule has 4 nitrogen and oxygen atoms in total. The van der Waals surface area contributed by atoms with Gasteiger partial charge in [-0.05, 0) is 95.0 Å². The highest BCUT2D eigenvalue weighted by Crippen LogP contribution is 2.39. The van der Waals surface area contributed by atoms with Gasteiger partial charge in [-0.1, -0.05) is 61.2 Å². The fraction of sp³-hybridized carbons (Fsp3) is 0.500. The van der Waals surface area contributed by atoms with Crippen LogP contribution in [-0.4, -0.2) is 49.0 Å². The van der Waals surface area contributed by atoms with Crippen molar-refractivity contribution < 1.29 is 36.2 Å². The van der Waals surface area contributed by atoms with Crippen LogP contribution in [-0.2, 0) is 18.6 Å². The van der Waals surface area contributed by atoms with Gasteiger partial charge in [0.05, 0.1) is 22.4 Å². The lowest BCUT2D eigenvalue weighted by molar-refractivity contribution is -0.131. The first kappa shape index (κ1) is 32.5. The summed E-state index contributed by atoms with van der Waals surface area (Å²) in [5, 5.41) is 0. The third kappa shape index (κ3) is 6.28. The van der Waals surface area contributed by atoms with Gasteiger partial charge >= 0.3 is 26.6 Å². The van der Waals surface area contributed by atoms with E-state index in [-0.39, 0.29) is 6.42 Å². The van der Waals surface area contributed by atoms with Crippen molar-refractivity contribution in [1.29, 1.82) is 0 Å². The second-order valence-corrected chi connectivity index (χ2v) is 13.1. The summed E-state index contributed by atoms with van der Waals surface area (Å²) in [5.74, 6) is -4.12. The molecule has 0 bridgehead atoms. The van der Waals surface area contributed by atoms with Gasteiger partial charge in [-0.2, -0.15) is 0 Å². The van der Waals surface area contributed by atoms with E-state index in [0.717, 1.165) is 10.9 Å². The standard InChI is InChI=1S/C32H40B2F4O4/c1-10-25(21-11-15-23(16-12-21)33-39-28(2,3)29(4,5)40-33)26(19-20-32(37,38)27(35)36)22-13-17-24(18-14-22)34-41-30(6,7)31(8,9)42-34/h10-18,27H,1,19-20H2,2-9H3/b26-25-. The fourth-order valence-electron chi connectivity index (χ4n) is 4.87. The van der Waals surface area contributed by atoms with E-state index in [1.54, 1.807) is 18.2 Å². The molecular weight excluding hydrogens is 546 g/mol. The number of hydrogen-bond acceptors (Lipinski definition) is 4. The predicted molar refractivity (Wildman–Crippen MR) is 162 cm³/mol. The van der Waals surface area contributed by atoms with Crippen molar-refractivity contribution in [3.05, 3.63) is 72.3 Å². The normalized spacial score (nSPS) is 21.5. The summed E-state index contributed by atoms with van der Waals surface area (Å²) in [5.41, 5.74) is 1.89. The van der Waals surface area contributed by atoms with Crippen molar-refractivity contribution in [2.45, 2.75) is 103 Å². The number of allylic oxidation sites excluding steroid dienone is 3. The largest absolute Gasteiger partial charge is 0.494 e. The number of rotatable bonds is 9. The van der Waals surface area contributed by atoms with Crippen LogP contribution < -0.4 is 10.9 Å². The van der Waals surface area contributed by atoms with Gasteiger partial charge in [0.15, 0.2) is 0 Å². The molecule has 226 valence electrons. The van der Waals surface area contributed by atoms with E-state index in [0.29, 0.717) is 22.3 Å². The van der Waals surface area contributed by atoms with Gasteiger partial charge in [-0.15, -0.1) is 0 Å². The SMILES string of the molecule is C=C/C(=C(\CCC(F)(F)C(F)F)c1ccc(B2OC(C)(C)C(C)(C)O2)cc1)c1ccc(B2OC(C)(C)C(C)(C)O2)cc1. The lowest BCUT2D eigenvalue weighted by atomic mass is 9.77. The summed E-state index contributed by atoms with van der Waals surface area (Å²) in [6.07, 6.45) is -3.48. The van der Waals surface area contributed by atoms with E-state index in [2.05, 4.69) is 6.58 Å². The summed E-state index contributed by atoms with van der Waals surface area (Å²) < 4.78 is 78.9. The smallest absolute Gasteiger partial charge is 0.399 e. The van der Waals surface area contributed by atoms with Crippen LogP contribution in [0.4, 0.5) is 17.6 Å². The molecule has 0 aromatic heterocycles. The van der Waals surface area contributed by atoms with Crippen molar-refractivity contribution in [3.8, 4) is 0 Å². The lowest BCUT2D eigenvalue weighted by Gasteiger charge is -2.32. The summed E-state index contributed by atoms with van der Waals surface area (Å²) in [6.45, 7) is 19.6. The van der Waals surface area contributed by atoms with E-state index < -0.39 is 55.4 Å². The Bertz CT molecular complexity index is 1290. The van der Waals surface area contributed by atoms with Crippen LogP contribution in [0.15, 0.2) is 61.2 Å². The quantitative estimate of drug-likeness (QED) is 0.137. The first-order valence-corrected chi connectivity index (χ1v) is 14.2. The topological polar surface area (TPSA) is 36.9 Å². The first-order valence-electron chi connectivity index (χ1n) is 14.2. The monoisotopic (exact) mass is 586 g/mol. The molecule has 2 aliphatic heterocycles. The van der Waals surface area contributed by atoms with Crippen LogP contribution in [0.2, 0.25) is 0 Å². The van der Waals surface area contributed by atoms with Crippen LogP contribution in [0, 0.1) is 0 Å². The van der Waals surface area contributed by atoms with Crippen LogP contribution in [0.3, 0.4) is 0 Å². The third-order valence-electron chi connectivity index (χ3n) is 9.09. The molecule has 10 heteroatoms. The fourth-order valence-corrected chi connectivity index (χ4v) is 4.87. The Kier molecular flexibility index (Phi) is 8.73. The van der Waals surface area contributed by atoms with Gasteiger partial charge in [0, 0.05) is 6.42 Å². The molecule has 42 heavy (non-hydrogen) atoms. The molecule has 0 aliphatic carbocycles. The van der Waals surface area contributed by atoms with Crippen LogP contribution in [0.5, 0.6) is 0 Å². The van der Waals surface area contributed by atoms with E-state index in [4.69, 9.17) is 18.6 Å². The molecule has 2 aliphatic rings. The van der Waals surface area contributed by atoms with Gasteiger partial charge in [0.2, 0.25) is 0 Å². The predicted octanol–water partition coefficient (Wildman–Crippen LogP) is 7.06. The first-order chi connectivity index (χ1) is 19.3. The molecule has 0 N–H and O–H groups in total. The zero-order chi connectivity index (χ0) is 31.3. The highest BCUT2D eigenvalue weighted by Gasteiger charge is 2.52. The minimum absolute atomic E-state index is 0.284. The van der Waals surface area contributed by atoms with Gasteiger partial charge < -0.3 is 18.6 Å². The Hall–Kier alpha value is -2.39. The molecule has 2 aromatic rings. The Balaban J connectivity index is 1.68. The summed E-state index contributed by atoms with van der Waals surface area (Å²) in [6, 6.07) is 14.6. The van der Waals surface area contributed by atoms with Gasteiger partial charge in [0.25, 0.3) is 0 Å². The Morgan fingerprint density at radius 1 is 0.714 bits per heavy atom.